The third-order valence-electron chi connectivity index (χ3n) is 11.6. The van der Waals surface area contributed by atoms with Gasteiger partial charge in [0.15, 0.2) is 6.04 Å². The Labute approximate surface area is 403 Å². The Morgan fingerprint density at radius 2 is 0.833 bits per heavy atom. The molecule has 0 aliphatic rings. The molecule has 0 rings (SSSR count). The number of aliphatic hydroxyl groups excluding tert-OH is 1. The highest BCUT2D eigenvalue weighted by molar-refractivity contribution is 7.47. The Hall–Kier alpha value is -2.56. The number of phosphoric ester groups is 1. The standard InChI is InChI=1S/C54H98NO10P/c1-3-5-7-9-11-13-15-17-19-21-23-25-27-29-31-33-35-37-39-41-43-45-52(57)55-51(54(59)60)49-65-66(61,62)64-48-50(56)47-63-53(58)46-44-42-40-38-36-34-32-30-28-26-24-22-20-18-16-14-12-10-8-6-4-2/h11,13,17,19,23,25,29,31,50-51,56H,3-10,12,14-16,18,20-22,24,26-28,30,32-49H2,1-2H3,(H,55,57)(H,59,60)(H,61,62)/b13-11-,19-17-,25-23-,31-29-. The van der Waals surface area contributed by atoms with Crippen LogP contribution < -0.4 is 5.32 Å². The Kier molecular flexibility index (Phi) is 47.0. The highest BCUT2D eigenvalue weighted by atomic mass is 31.2. The molecule has 0 aromatic heterocycles. The Morgan fingerprint density at radius 3 is 1.27 bits per heavy atom. The van der Waals surface area contributed by atoms with E-state index < -0.39 is 57.6 Å². The maximum atomic E-state index is 12.4. The fraction of sp³-hybridized carbons (Fsp3) is 0.796. The first-order valence-corrected chi connectivity index (χ1v) is 28.2. The number of allylic oxidation sites excluding steroid dienone is 8. The number of hydrogen-bond acceptors (Lipinski definition) is 8. The van der Waals surface area contributed by atoms with Crippen LogP contribution in [0.3, 0.4) is 0 Å². The van der Waals surface area contributed by atoms with Gasteiger partial charge >= 0.3 is 19.8 Å². The van der Waals surface area contributed by atoms with Crippen LogP contribution in [0.2, 0.25) is 0 Å². The molecular formula is C54H98NO10P. The molecule has 12 heteroatoms. The number of rotatable bonds is 50. The molecule has 0 aromatic rings. The van der Waals surface area contributed by atoms with Crippen LogP contribution in [-0.4, -0.2) is 64.9 Å². The van der Waals surface area contributed by atoms with E-state index in [0.717, 1.165) is 70.6 Å². The Bertz CT molecular complexity index is 1300. The van der Waals surface area contributed by atoms with Crippen molar-refractivity contribution in [1.82, 2.24) is 5.32 Å². The summed E-state index contributed by atoms with van der Waals surface area (Å²) in [5.74, 6) is -2.39. The summed E-state index contributed by atoms with van der Waals surface area (Å²) in [6, 6.07) is -1.56. The van der Waals surface area contributed by atoms with Crippen LogP contribution in [-0.2, 0) is 32.7 Å². The SMILES string of the molecule is CCCCC/C=C\C/C=C\C/C=C\C/C=C\CCCCCCCC(=O)NC(COP(=O)(O)OCC(O)COC(=O)CCCCCCCCCCCCCCCCCCCCCCC)C(=O)O. The third kappa shape index (κ3) is 47.9. The second kappa shape index (κ2) is 48.9. The van der Waals surface area contributed by atoms with Crippen LogP contribution in [0.4, 0.5) is 0 Å². The maximum Gasteiger partial charge on any atom is 0.472 e. The number of carboxylic acids is 1. The quantitative estimate of drug-likeness (QED) is 0.0199. The van der Waals surface area contributed by atoms with Crippen LogP contribution in [0.15, 0.2) is 48.6 Å². The lowest BCUT2D eigenvalue weighted by Gasteiger charge is -2.18. The largest absolute Gasteiger partial charge is 0.480 e. The van der Waals surface area contributed by atoms with Crippen molar-refractivity contribution >= 4 is 25.7 Å². The fourth-order valence-electron chi connectivity index (χ4n) is 7.48. The summed E-state index contributed by atoms with van der Waals surface area (Å²) in [7, 11) is -4.77. The number of unbranched alkanes of at least 4 members (excludes halogenated alkanes) is 28. The minimum absolute atomic E-state index is 0.124. The Morgan fingerprint density at radius 1 is 0.485 bits per heavy atom. The average molecular weight is 952 g/mol. The molecule has 384 valence electrons. The second-order valence-corrected chi connectivity index (χ2v) is 19.5. The summed E-state index contributed by atoms with van der Waals surface area (Å²) >= 11 is 0. The molecule has 1 amide bonds. The van der Waals surface area contributed by atoms with Crippen molar-refractivity contribution in [3.05, 3.63) is 48.6 Å². The predicted octanol–water partition coefficient (Wildman–Crippen LogP) is 14.9. The molecule has 3 unspecified atom stereocenters. The normalized spacial score (nSPS) is 13.9. The van der Waals surface area contributed by atoms with Gasteiger partial charge in [-0.15, -0.1) is 0 Å². The molecule has 0 aliphatic carbocycles. The molecule has 4 N–H and O–H groups in total. The molecule has 11 nitrogen and oxygen atoms in total. The molecule has 0 radical (unpaired) electrons. The molecule has 0 saturated carbocycles. The van der Waals surface area contributed by atoms with Gasteiger partial charge in [-0.1, -0.05) is 223 Å². The van der Waals surface area contributed by atoms with Gasteiger partial charge in [-0.25, -0.2) is 9.36 Å². The van der Waals surface area contributed by atoms with Gasteiger partial charge in [0.25, 0.3) is 0 Å². The van der Waals surface area contributed by atoms with Crippen molar-refractivity contribution in [3.8, 4) is 0 Å². The highest BCUT2D eigenvalue weighted by Crippen LogP contribution is 2.43. The first kappa shape index (κ1) is 63.4. The van der Waals surface area contributed by atoms with E-state index in [0.29, 0.717) is 12.8 Å². The monoisotopic (exact) mass is 952 g/mol. The number of hydrogen-bond donors (Lipinski definition) is 4. The van der Waals surface area contributed by atoms with Crippen molar-refractivity contribution in [3.63, 3.8) is 0 Å². The summed E-state index contributed by atoms with van der Waals surface area (Å²) in [6.07, 6.45) is 57.0. The summed E-state index contributed by atoms with van der Waals surface area (Å²) in [4.78, 5) is 46.2. The van der Waals surface area contributed by atoms with E-state index in [9.17, 15) is 34.1 Å². The van der Waals surface area contributed by atoms with Crippen LogP contribution in [0.25, 0.3) is 0 Å². The van der Waals surface area contributed by atoms with Gasteiger partial charge in [-0.05, 0) is 57.8 Å². The fourth-order valence-corrected chi connectivity index (χ4v) is 8.25. The lowest BCUT2D eigenvalue weighted by Crippen LogP contribution is -2.43. The van der Waals surface area contributed by atoms with Crippen molar-refractivity contribution in [2.45, 2.75) is 257 Å². The second-order valence-electron chi connectivity index (χ2n) is 18.1. The summed E-state index contributed by atoms with van der Waals surface area (Å²) < 4.78 is 27.0. The van der Waals surface area contributed by atoms with Crippen LogP contribution in [0.1, 0.15) is 245 Å². The summed E-state index contributed by atoms with van der Waals surface area (Å²) in [5, 5.41) is 21.9. The molecule has 66 heavy (non-hydrogen) atoms. The number of carbonyl (C=O) groups is 3. The van der Waals surface area contributed by atoms with Gasteiger partial charge in [0, 0.05) is 12.8 Å². The van der Waals surface area contributed by atoms with Gasteiger partial charge < -0.3 is 25.2 Å². The van der Waals surface area contributed by atoms with Crippen molar-refractivity contribution in [1.29, 1.82) is 0 Å². The minimum Gasteiger partial charge on any atom is -0.480 e. The molecule has 0 aromatic carbocycles. The number of aliphatic carboxylic acids is 1. The van der Waals surface area contributed by atoms with E-state index in [2.05, 4.69) is 67.8 Å². The molecule has 0 spiro atoms. The first-order chi connectivity index (χ1) is 32.1. The zero-order valence-corrected chi connectivity index (χ0v) is 42.9. The van der Waals surface area contributed by atoms with Crippen LogP contribution in [0.5, 0.6) is 0 Å². The number of esters is 1. The lowest BCUT2D eigenvalue weighted by molar-refractivity contribution is -0.147. The van der Waals surface area contributed by atoms with E-state index in [1.54, 1.807) is 0 Å². The van der Waals surface area contributed by atoms with Crippen LogP contribution >= 0.6 is 7.82 Å². The predicted molar refractivity (Wildman–Crippen MR) is 272 cm³/mol. The van der Waals surface area contributed by atoms with E-state index in [1.165, 1.54) is 135 Å². The number of nitrogens with one attached hydrogen (secondary N) is 1. The van der Waals surface area contributed by atoms with E-state index in [-0.39, 0.29) is 12.8 Å². The third-order valence-corrected chi connectivity index (χ3v) is 12.6. The maximum absolute atomic E-state index is 12.4. The number of ether oxygens (including phenoxy) is 1. The van der Waals surface area contributed by atoms with Crippen molar-refractivity contribution in [2.75, 3.05) is 19.8 Å². The number of phosphoric acid groups is 1. The van der Waals surface area contributed by atoms with E-state index >= 15 is 0 Å². The summed E-state index contributed by atoms with van der Waals surface area (Å²) in [6.45, 7) is 2.59. The van der Waals surface area contributed by atoms with E-state index in [4.69, 9.17) is 13.8 Å². The van der Waals surface area contributed by atoms with Gasteiger partial charge in [-0.2, -0.15) is 0 Å². The minimum atomic E-state index is -4.77. The zero-order chi connectivity index (χ0) is 48.4. The van der Waals surface area contributed by atoms with Crippen molar-refractivity contribution < 1.29 is 47.8 Å². The highest BCUT2D eigenvalue weighted by Gasteiger charge is 2.28. The van der Waals surface area contributed by atoms with Gasteiger partial charge in [0.05, 0.1) is 13.2 Å². The molecule has 0 aliphatic heterocycles. The van der Waals surface area contributed by atoms with E-state index in [1.807, 2.05) is 0 Å². The summed E-state index contributed by atoms with van der Waals surface area (Å²) in [5.41, 5.74) is 0. The van der Waals surface area contributed by atoms with Gasteiger partial charge in [0.2, 0.25) is 5.91 Å². The lowest BCUT2D eigenvalue weighted by atomic mass is 10.0. The van der Waals surface area contributed by atoms with Gasteiger partial charge in [-0.3, -0.25) is 18.6 Å². The number of amides is 1. The molecule has 0 heterocycles. The topological polar surface area (TPSA) is 169 Å². The molecular weight excluding hydrogens is 854 g/mol. The molecule has 0 saturated heterocycles. The van der Waals surface area contributed by atoms with Crippen LogP contribution in [0, 0.1) is 0 Å². The molecule has 0 bridgehead atoms. The van der Waals surface area contributed by atoms with Gasteiger partial charge in [0.1, 0.15) is 12.7 Å². The smallest absolute Gasteiger partial charge is 0.472 e. The van der Waals surface area contributed by atoms with Crippen molar-refractivity contribution in [2.24, 2.45) is 0 Å². The average Bonchev–Trinajstić information content (AvgIpc) is 3.29. The number of carbonyl (C=O) groups excluding carboxylic acids is 2. The zero-order valence-electron chi connectivity index (χ0n) is 42.0. The number of carboxylic acid groups (broad SMARTS) is 1. The molecule has 3 atom stereocenters. The Balaban J connectivity index is 3.83. The molecule has 0 fully saturated rings. The first-order valence-electron chi connectivity index (χ1n) is 26.7. The number of aliphatic hydroxyl groups is 1.